The summed E-state index contributed by atoms with van der Waals surface area (Å²) in [6, 6.07) is 0. The van der Waals surface area contributed by atoms with E-state index < -0.39 is 18.0 Å². The molecule has 18 heavy (non-hydrogen) atoms. The first-order valence-electron chi connectivity index (χ1n) is 5.16. The Hall–Kier alpha value is -1.66. The van der Waals surface area contributed by atoms with Gasteiger partial charge in [0.15, 0.2) is 0 Å². The molecule has 0 aliphatic heterocycles. The summed E-state index contributed by atoms with van der Waals surface area (Å²) in [4.78, 5) is 19.2. The van der Waals surface area contributed by atoms with Crippen LogP contribution < -0.4 is 0 Å². The van der Waals surface area contributed by atoms with E-state index in [2.05, 4.69) is 13.2 Å². The van der Waals surface area contributed by atoms with Crippen molar-refractivity contribution < 1.29 is 30.0 Å². The van der Waals surface area contributed by atoms with Crippen LogP contribution in [0.15, 0.2) is 24.3 Å². The molecule has 1 unspecified atom stereocenters. The van der Waals surface area contributed by atoms with Gasteiger partial charge in [-0.05, 0) is 20.3 Å². The third kappa shape index (κ3) is 23.9. The number of carbonyl (C=O) groups is 2. The van der Waals surface area contributed by atoms with Crippen LogP contribution in [-0.4, -0.2) is 45.1 Å². The van der Waals surface area contributed by atoms with E-state index in [1.165, 1.54) is 13.8 Å². The molecule has 0 aromatic heterocycles. The molecule has 6 nitrogen and oxygen atoms in total. The van der Waals surface area contributed by atoms with E-state index >= 15 is 0 Å². The van der Waals surface area contributed by atoms with Gasteiger partial charge in [-0.1, -0.05) is 20.1 Å². The van der Waals surface area contributed by atoms with Gasteiger partial charge in [0.1, 0.15) is 0 Å². The fourth-order valence-corrected chi connectivity index (χ4v) is 0.129. The summed E-state index contributed by atoms with van der Waals surface area (Å²) in [5, 5.41) is 32.3. The van der Waals surface area contributed by atoms with Gasteiger partial charge < -0.3 is 20.4 Å². The third-order valence-electron chi connectivity index (χ3n) is 1.41. The van der Waals surface area contributed by atoms with Crippen LogP contribution in [0.5, 0.6) is 0 Å². The SMILES string of the molecule is C=C(C)C(=O)O.C=C(C)C(=O)O.CCC(O)CO. The number of aliphatic hydroxyl groups is 2. The van der Waals surface area contributed by atoms with Crippen LogP contribution in [0.1, 0.15) is 27.2 Å². The zero-order chi connectivity index (χ0) is 15.3. The van der Waals surface area contributed by atoms with Crippen molar-refractivity contribution in [2.45, 2.75) is 33.3 Å². The van der Waals surface area contributed by atoms with E-state index in [1.54, 1.807) is 0 Å². The number of hydrogen-bond donors (Lipinski definition) is 4. The number of hydrogen-bond acceptors (Lipinski definition) is 4. The molecule has 0 amide bonds. The Balaban J connectivity index is -0.000000187. The fourth-order valence-electron chi connectivity index (χ4n) is 0.129. The first kappa shape index (κ1) is 21.6. The highest BCUT2D eigenvalue weighted by Crippen LogP contribution is 1.83. The molecular weight excluding hydrogens is 240 g/mol. The molecular formula is C12H22O6. The summed E-state index contributed by atoms with van der Waals surface area (Å²) in [6.45, 7) is 10.9. The smallest absolute Gasteiger partial charge is 0.330 e. The van der Waals surface area contributed by atoms with Gasteiger partial charge in [-0.2, -0.15) is 0 Å². The van der Waals surface area contributed by atoms with Crippen LogP contribution >= 0.6 is 0 Å². The Morgan fingerprint density at radius 2 is 1.28 bits per heavy atom. The average molecular weight is 262 g/mol. The molecule has 0 saturated carbocycles. The topological polar surface area (TPSA) is 115 Å². The maximum atomic E-state index is 9.60. The van der Waals surface area contributed by atoms with Crippen molar-refractivity contribution in [1.29, 1.82) is 0 Å². The van der Waals surface area contributed by atoms with Crippen molar-refractivity contribution in [3.8, 4) is 0 Å². The number of carboxylic acids is 2. The molecule has 0 rings (SSSR count). The Morgan fingerprint density at radius 3 is 1.28 bits per heavy atom. The molecule has 0 aromatic rings. The first-order valence-corrected chi connectivity index (χ1v) is 5.16. The Morgan fingerprint density at radius 1 is 1.06 bits per heavy atom. The molecule has 0 saturated heterocycles. The Kier molecular flexibility index (Phi) is 16.1. The minimum atomic E-state index is -0.935. The lowest BCUT2D eigenvalue weighted by Crippen LogP contribution is -2.08. The van der Waals surface area contributed by atoms with Gasteiger partial charge in [-0.15, -0.1) is 0 Å². The highest BCUT2D eigenvalue weighted by Gasteiger charge is 1.92. The van der Waals surface area contributed by atoms with Gasteiger partial charge >= 0.3 is 11.9 Å². The highest BCUT2D eigenvalue weighted by atomic mass is 16.4. The van der Waals surface area contributed by atoms with Gasteiger partial charge in [0.05, 0.1) is 12.7 Å². The van der Waals surface area contributed by atoms with E-state index in [4.69, 9.17) is 20.4 Å². The van der Waals surface area contributed by atoms with Gasteiger partial charge in [-0.3, -0.25) is 0 Å². The lowest BCUT2D eigenvalue weighted by atomic mass is 10.3. The molecule has 6 heteroatoms. The zero-order valence-corrected chi connectivity index (χ0v) is 11.0. The fraction of sp³-hybridized carbons (Fsp3) is 0.500. The predicted octanol–water partition coefficient (Wildman–Crippen LogP) is 1.04. The standard InChI is InChI=1S/2C4H6O2.C4H10O2/c2*1-3(2)4(5)6;1-2-4(6)3-5/h2*1H2,2H3,(H,5,6);4-6H,2-3H2,1H3. The largest absolute Gasteiger partial charge is 0.478 e. The Bertz CT molecular complexity index is 230. The zero-order valence-electron chi connectivity index (χ0n) is 11.0. The van der Waals surface area contributed by atoms with Crippen molar-refractivity contribution in [1.82, 2.24) is 0 Å². The minimum absolute atomic E-state index is 0.115. The van der Waals surface area contributed by atoms with Gasteiger partial charge in [-0.25, -0.2) is 9.59 Å². The van der Waals surface area contributed by atoms with E-state index in [9.17, 15) is 9.59 Å². The second kappa shape index (κ2) is 13.4. The molecule has 0 fully saturated rings. The monoisotopic (exact) mass is 262 g/mol. The van der Waals surface area contributed by atoms with Crippen molar-refractivity contribution in [2.75, 3.05) is 6.61 Å². The van der Waals surface area contributed by atoms with E-state index in [-0.39, 0.29) is 17.8 Å². The molecule has 0 aliphatic rings. The molecule has 1 atom stereocenters. The number of carboxylic acid groups (broad SMARTS) is 2. The van der Waals surface area contributed by atoms with Crippen molar-refractivity contribution in [3.63, 3.8) is 0 Å². The first-order chi connectivity index (χ1) is 8.09. The summed E-state index contributed by atoms with van der Waals surface area (Å²) in [5.74, 6) is -1.87. The maximum absolute atomic E-state index is 9.60. The van der Waals surface area contributed by atoms with Crippen LogP contribution in [0.25, 0.3) is 0 Å². The predicted molar refractivity (Wildman–Crippen MR) is 68.3 cm³/mol. The molecule has 106 valence electrons. The van der Waals surface area contributed by atoms with Gasteiger partial charge in [0, 0.05) is 11.1 Å². The molecule has 0 spiro atoms. The lowest BCUT2D eigenvalue weighted by Gasteiger charge is -1.97. The number of aliphatic hydroxyl groups excluding tert-OH is 2. The normalized spacial score (nSPS) is 9.83. The van der Waals surface area contributed by atoms with Crippen molar-refractivity contribution >= 4 is 11.9 Å². The summed E-state index contributed by atoms with van der Waals surface area (Å²) in [6.07, 6.45) is 0.126. The van der Waals surface area contributed by atoms with E-state index in [0.29, 0.717) is 6.42 Å². The number of aliphatic carboxylic acids is 2. The summed E-state index contributed by atoms with van der Waals surface area (Å²) in [5.41, 5.74) is 0.352. The summed E-state index contributed by atoms with van der Waals surface area (Å²) >= 11 is 0. The lowest BCUT2D eigenvalue weighted by molar-refractivity contribution is -0.133. The summed E-state index contributed by atoms with van der Waals surface area (Å²) < 4.78 is 0. The Labute approximate surface area is 107 Å². The van der Waals surface area contributed by atoms with Gasteiger partial charge in [0.25, 0.3) is 0 Å². The number of rotatable bonds is 4. The van der Waals surface area contributed by atoms with Crippen LogP contribution in [0.2, 0.25) is 0 Å². The molecule has 0 aliphatic carbocycles. The van der Waals surface area contributed by atoms with Gasteiger partial charge in [0.2, 0.25) is 0 Å². The summed E-state index contributed by atoms with van der Waals surface area (Å²) in [7, 11) is 0. The maximum Gasteiger partial charge on any atom is 0.330 e. The molecule has 0 heterocycles. The molecule has 0 bridgehead atoms. The third-order valence-corrected chi connectivity index (χ3v) is 1.41. The minimum Gasteiger partial charge on any atom is -0.478 e. The van der Waals surface area contributed by atoms with Crippen molar-refractivity contribution in [3.05, 3.63) is 24.3 Å². The van der Waals surface area contributed by atoms with Crippen LogP contribution in [0.3, 0.4) is 0 Å². The molecule has 0 aromatic carbocycles. The van der Waals surface area contributed by atoms with Crippen LogP contribution in [0.4, 0.5) is 0 Å². The highest BCUT2D eigenvalue weighted by molar-refractivity contribution is 5.85. The van der Waals surface area contributed by atoms with E-state index in [1.807, 2.05) is 6.92 Å². The van der Waals surface area contributed by atoms with Crippen LogP contribution in [0, 0.1) is 0 Å². The second-order valence-corrected chi connectivity index (χ2v) is 3.42. The quantitative estimate of drug-likeness (QED) is 0.563. The van der Waals surface area contributed by atoms with Crippen molar-refractivity contribution in [2.24, 2.45) is 0 Å². The van der Waals surface area contributed by atoms with Crippen LogP contribution in [-0.2, 0) is 9.59 Å². The molecule has 4 N–H and O–H groups in total. The average Bonchev–Trinajstić information content (AvgIpc) is 2.29. The second-order valence-electron chi connectivity index (χ2n) is 3.42. The molecule has 0 radical (unpaired) electrons. The van der Waals surface area contributed by atoms with E-state index in [0.717, 1.165) is 0 Å².